The molecule has 2 aromatic rings. The number of nitrogens with zero attached hydrogens (tertiary/aromatic N) is 2. The first kappa shape index (κ1) is 26.9. The molecule has 1 aliphatic heterocycles. The third-order valence-electron chi connectivity index (χ3n) is 7.34. The summed E-state index contributed by atoms with van der Waals surface area (Å²) in [6, 6.07) is 13.4. The number of hydrogen-bond acceptors (Lipinski definition) is 3. The van der Waals surface area contributed by atoms with E-state index in [1.54, 1.807) is 0 Å². The minimum atomic E-state index is 0. The van der Waals surface area contributed by atoms with Gasteiger partial charge in [-0.25, -0.2) is 4.58 Å². The van der Waals surface area contributed by atoms with E-state index in [4.69, 9.17) is 9.47 Å². The zero-order chi connectivity index (χ0) is 24.2. The maximum Gasteiger partial charge on any atom is 0.231 e. The number of ether oxygens (including phenoxy) is 2. The van der Waals surface area contributed by atoms with Crippen molar-refractivity contribution < 1.29 is 26.5 Å². The highest BCUT2D eigenvalue weighted by Gasteiger charge is 2.30. The Morgan fingerprint density at radius 1 is 0.943 bits per heavy atom. The number of halogens is 1. The zero-order valence-corrected chi connectivity index (χ0v) is 22.7. The molecule has 0 radical (unpaired) electrons. The van der Waals surface area contributed by atoms with E-state index in [1.807, 2.05) is 0 Å². The fraction of sp³-hybridized carbons (Fsp3) is 0.433. The number of allylic oxidation sites excluding steroid dienone is 4. The number of fused-ring (bicyclic) bond motifs is 1. The Morgan fingerprint density at radius 3 is 2.29 bits per heavy atom. The lowest BCUT2D eigenvalue weighted by molar-refractivity contribution is -0.519. The Kier molecular flexibility index (Phi) is 9.07. The van der Waals surface area contributed by atoms with Crippen molar-refractivity contribution in [2.45, 2.75) is 47.5 Å². The monoisotopic (exact) mass is 494 g/mol. The summed E-state index contributed by atoms with van der Waals surface area (Å²) in [7, 11) is 0. The van der Waals surface area contributed by atoms with Crippen LogP contribution in [0.25, 0.3) is 0 Å². The second-order valence-electron chi connectivity index (χ2n) is 9.17. The quantitative estimate of drug-likeness (QED) is 0.526. The van der Waals surface area contributed by atoms with Crippen LogP contribution in [0.3, 0.4) is 0 Å². The number of rotatable bonds is 8. The SMILES string of the molecule is CCN(CC)c1ccc(C(c2ccc3c(c2)OCO3)C2C=CC(=[N+](CC)CC)C=C2C)c(C)c1.[Cl-]. The Bertz CT molecular complexity index is 1130. The molecule has 5 heteroatoms. The van der Waals surface area contributed by atoms with Crippen molar-refractivity contribution in [3.05, 3.63) is 76.9 Å². The topological polar surface area (TPSA) is 24.7 Å². The molecule has 35 heavy (non-hydrogen) atoms. The van der Waals surface area contributed by atoms with Crippen LogP contribution in [0, 0.1) is 12.8 Å². The van der Waals surface area contributed by atoms with E-state index in [1.165, 1.54) is 33.7 Å². The minimum Gasteiger partial charge on any atom is -1.00 e. The summed E-state index contributed by atoms with van der Waals surface area (Å²) in [6.07, 6.45) is 7.08. The van der Waals surface area contributed by atoms with E-state index in [0.29, 0.717) is 6.79 Å². The average Bonchev–Trinajstić information content (AvgIpc) is 3.31. The van der Waals surface area contributed by atoms with Crippen molar-refractivity contribution in [2.75, 3.05) is 37.9 Å². The zero-order valence-electron chi connectivity index (χ0n) is 22.0. The van der Waals surface area contributed by atoms with Crippen LogP contribution in [0.15, 0.2) is 60.2 Å². The van der Waals surface area contributed by atoms with Gasteiger partial charge in [0, 0.05) is 42.8 Å². The third-order valence-corrected chi connectivity index (χ3v) is 7.34. The van der Waals surface area contributed by atoms with Crippen molar-refractivity contribution >= 4 is 11.4 Å². The van der Waals surface area contributed by atoms with Crippen molar-refractivity contribution in [3.63, 3.8) is 0 Å². The first-order chi connectivity index (χ1) is 16.5. The lowest BCUT2D eigenvalue weighted by atomic mass is 9.74. The van der Waals surface area contributed by atoms with Crippen LogP contribution in [-0.2, 0) is 0 Å². The highest BCUT2D eigenvalue weighted by Crippen LogP contribution is 2.43. The molecule has 0 saturated carbocycles. The average molecular weight is 495 g/mol. The van der Waals surface area contributed by atoms with E-state index in [0.717, 1.165) is 37.7 Å². The molecule has 1 heterocycles. The van der Waals surface area contributed by atoms with E-state index in [-0.39, 0.29) is 24.2 Å². The van der Waals surface area contributed by atoms with Gasteiger partial charge >= 0.3 is 0 Å². The Balaban J connectivity index is 0.00000342. The highest BCUT2D eigenvalue weighted by molar-refractivity contribution is 6.01. The molecule has 0 spiro atoms. The van der Waals surface area contributed by atoms with Crippen LogP contribution in [0.4, 0.5) is 5.69 Å². The van der Waals surface area contributed by atoms with Gasteiger partial charge in [0.1, 0.15) is 13.1 Å². The molecule has 2 atom stereocenters. The molecule has 0 aromatic heterocycles. The van der Waals surface area contributed by atoms with Gasteiger partial charge in [-0.3, -0.25) is 0 Å². The van der Waals surface area contributed by atoms with Crippen LogP contribution in [0.5, 0.6) is 11.5 Å². The maximum atomic E-state index is 5.75. The largest absolute Gasteiger partial charge is 1.00 e. The Labute approximate surface area is 217 Å². The predicted octanol–water partition coefficient (Wildman–Crippen LogP) is 3.33. The van der Waals surface area contributed by atoms with E-state index in [2.05, 4.69) is 106 Å². The summed E-state index contributed by atoms with van der Waals surface area (Å²) >= 11 is 0. The standard InChI is InChI=1S/C30H39N2O2.ClH/c1-7-31(8-2)24-12-14-26(21(5)17-24)30(23-11-16-28-29(19-23)34-20-33-28)27-15-13-25(18-22(27)6)32(9-3)10-4;/h11-19,26,30H,7-10,20H2,1-6H3;1H/q+1;/p-1. The van der Waals surface area contributed by atoms with Gasteiger partial charge in [0.05, 0.1) is 0 Å². The molecular formula is C30H39ClN2O2. The normalized spacial score (nSPS) is 17.0. The Hall–Kier alpha value is -2.72. The first-order valence-electron chi connectivity index (χ1n) is 12.7. The van der Waals surface area contributed by atoms with Gasteiger partial charge in [-0.1, -0.05) is 23.8 Å². The molecule has 0 amide bonds. The summed E-state index contributed by atoms with van der Waals surface area (Å²) in [5.41, 5.74) is 7.93. The van der Waals surface area contributed by atoms with Gasteiger partial charge in [0.2, 0.25) is 6.79 Å². The van der Waals surface area contributed by atoms with Crippen LogP contribution < -0.4 is 26.8 Å². The van der Waals surface area contributed by atoms with Crippen LogP contribution in [-0.4, -0.2) is 43.3 Å². The molecule has 2 aliphatic rings. The second-order valence-corrected chi connectivity index (χ2v) is 9.17. The number of anilines is 1. The van der Waals surface area contributed by atoms with Gasteiger partial charge < -0.3 is 26.8 Å². The van der Waals surface area contributed by atoms with E-state index >= 15 is 0 Å². The number of aryl methyl sites for hydroxylation is 1. The van der Waals surface area contributed by atoms with E-state index in [9.17, 15) is 0 Å². The van der Waals surface area contributed by atoms with Crippen molar-refractivity contribution in [3.8, 4) is 11.5 Å². The fourth-order valence-electron chi connectivity index (χ4n) is 5.37. The Morgan fingerprint density at radius 2 is 1.66 bits per heavy atom. The lowest BCUT2D eigenvalue weighted by Crippen LogP contribution is -3.00. The molecule has 2 unspecified atom stereocenters. The molecule has 188 valence electrons. The molecular weight excluding hydrogens is 456 g/mol. The van der Waals surface area contributed by atoms with Gasteiger partial charge in [-0.15, -0.1) is 0 Å². The maximum absolute atomic E-state index is 5.75. The van der Waals surface area contributed by atoms with Crippen LogP contribution in [0.1, 0.15) is 57.2 Å². The van der Waals surface area contributed by atoms with Crippen molar-refractivity contribution in [2.24, 2.45) is 5.92 Å². The highest BCUT2D eigenvalue weighted by atomic mass is 35.5. The van der Waals surface area contributed by atoms with Crippen LogP contribution in [0.2, 0.25) is 0 Å². The molecule has 4 nitrogen and oxygen atoms in total. The van der Waals surface area contributed by atoms with Gasteiger partial charge in [0.25, 0.3) is 0 Å². The molecule has 1 aliphatic carbocycles. The van der Waals surface area contributed by atoms with Gasteiger partial charge in [-0.2, -0.15) is 0 Å². The van der Waals surface area contributed by atoms with E-state index < -0.39 is 0 Å². The molecule has 2 aromatic carbocycles. The summed E-state index contributed by atoms with van der Waals surface area (Å²) in [6.45, 7) is 17.7. The molecule has 0 N–H and O–H groups in total. The lowest BCUT2D eigenvalue weighted by Gasteiger charge is -2.31. The van der Waals surface area contributed by atoms with Gasteiger partial charge in [0.15, 0.2) is 17.2 Å². The smallest absolute Gasteiger partial charge is 0.231 e. The molecule has 0 saturated heterocycles. The summed E-state index contributed by atoms with van der Waals surface area (Å²) in [4.78, 5) is 2.41. The summed E-state index contributed by atoms with van der Waals surface area (Å²) < 4.78 is 13.8. The second kappa shape index (κ2) is 11.8. The van der Waals surface area contributed by atoms with Crippen LogP contribution >= 0.6 is 0 Å². The first-order valence-corrected chi connectivity index (χ1v) is 12.7. The number of hydrogen-bond donors (Lipinski definition) is 0. The molecule has 0 fully saturated rings. The molecule has 0 bridgehead atoms. The van der Waals surface area contributed by atoms with Crippen molar-refractivity contribution in [1.82, 2.24) is 0 Å². The number of benzene rings is 2. The third kappa shape index (κ3) is 5.43. The fourth-order valence-corrected chi connectivity index (χ4v) is 5.37. The predicted molar refractivity (Wildman–Crippen MR) is 142 cm³/mol. The van der Waals surface area contributed by atoms with Gasteiger partial charge in [-0.05, 0) is 82.5 Å². The van der Waals surface area contributed by atoms with Crippen molar-refractivity contribution in [1.29, 1.82) is 0 Å². The minimum absolute atomic E-state index is 0. The summed E-state index contributed by atoms with van der Waals surface area (Å²) in [5, 5.41) is 0. The summed E-state index contributed by atoms with van der Waals surface area (Å²) in [5.74, 6) is 2.15. The molecule has 4 rings (SSSR count).